The topological polar surface area (TPSA) is 140 Å². The molecular formula is C28H40F3N7O4. The van der Waals surface area contributed by atoms with Crippen LogP contribution >= 0.6 is 0 Å². The number of alkyl halides is 3. The second-order valence-corrected chi connectivity index (χ2v) is 10.7. The molecule has 3 heterocycles. The molecule has 4 rings (SSSR count). The molecule has 232 valence electrons. The van der Waals surface area contributed by atoms with Gasteiger partial charge in [0.1, 0.15) is 11.5 Å². The average molecular weight is 596 g/mol. The summed E-state index contributed by atoms with van der Waals surface area (Å²) in [5.74, 6) is -0.566. The van der Waals surface area contributed by atoms with E-state index < -0.39 is 17.8 Å². The molecule has 0 bridgehead atoms. The number of hydrogen-bond acceptors (Lipinski definition) is 9. The Bertz CT molecular complexity index is 1240. The number of nitrogens with one attached hydrogen (secondary N) is 2. The van der Waals surface area contributed by atoms with Crippen molar-refractivity contribution in [2.75, 3.05) is 63.1 Å². The first-order valence-corrected chi connectivity index (χ1v) is 14.4. The number of amides is 1. The van der Waals surface area contributed by atoms with E-state index in [1.54, 1.807) is 12.2 Å². The number of rotatable bonds is 10. The van der Waals surface area contributed by atoms with Crippen molar-refractivity contribution in [3.63, 3.8) is 0 Å². The van der Waals surface area contributed by atoms with Crippen molar-refractivity contribution in [1.29, 1.82) is 0 Å². The van der Waals surface area contributed by atoms with Crippen LogP contribution < -0.4 is 21.5 Å². The summed E-state index contributed by atoms with van der Waals surface area (Å²) in [6.07, 6.45) is 5.79. The first-order chi connectivity index (χ1) is 20.1. The van der Waals surface area contributed by atoms with E-state index in [0.29, 0.717) is 19.1 Å². The summed E-state index contributed by atoms with van der Waals surface area (Å²) < 4.78 is 41.6. The zero-order valence-corrected chi connectivity index (χ0v) is 23.8. The lowest BCUT2D eigenvalue weighted by atomic mass is 9.98. The van der Waals surface area contributed by atoms with E-state index in [1.165, 1.54) is 6.08 Å². The summed E-state index contributed by atoms with van der Waals surface area (Å²) in [4.78, 5) is 38.7. The van der Waals surface area contributed by atoms with Crippen molar-refractivity contribution in [2.45, 2.75) is 57.5 Å². The molecule has 1 aromatic heterocycles. The highest BCUT2D eigenvalue weighted by Crippen LogP contribution is 2.27. The van der Waals surface area contributed by atoms with Gasteiger partial charge in [-0.2, -0.15) is 0 Å². The first-order valence-electron chi connectivity index (χ1n) is 14.4. The normalized spacial score (nSPS) is 21.1. The number of H-pyrrole nitrogens is 1. The largest absolute Gasteiger partial charge is 0.572 e. The SMILES string of the molecule is CCC1CN(c2nc(N)c(C(=O)NCCO)[nH]c2=O)CCN1C1CCN(CCC2=CC=C(OC(F)(F)F)CC=C2)CC1. The Morgan fingerprint density at radius 1 is 1.24 bits per heavy atom. The number of aliphatic hydroxyl groups excluding tert-OH is 1. The number of piperidine rings is 1. The number of likely N-dealkylation sites (tertiary alicyclic amines) is 1. The number of nitrogen functional groups attached to an aromatic ring is 1. The molecule has 1 aromatic rings. The van der Waals surface area contributed by atoms with Gasteiger partial charge in [-0.1, -0.05) is 25.2 Å². The third kappa shape index (κ3) is 8.35. The van der Waals surface area contributed by atoms with Gasteiger partial charge in [-0.25, -0.2) is 4.98 Å². The Morgan fingerprint density at radius 3 is 2.69 bits per heavy atom. The second-order valence-electron chi connectivity index (χ2n) is 10.7. The number of nitrogens with zero attached hydrogens (tertiary/aromatic N) is 4. The highest BCUT2D eigenvalue weighted by atomic mass is 19.4. The summed E-state index contributed by atoms with van der Waals surface area (Å²) in [7, 11) is 0. The molecule has 11 nitrogen and oxygen atoms in total. The molecule has 0 saturated carbocycles. The van der Waals surface area contributed by atoms with Crippen molar-refractivity contribution >= 4 is 17.5 Å². The van der Waals surface area contributed by atoms with Gasteiger partial charge in [-0.05, 0) is 50.4 Å². The first kappa shape index (κ1) is 31.6. The van der Waals surface area contributed by atoms with Crippen LogP contribution in [0.5, 0.6) is 0 Å². The van der Waals surface area contributed by atoms with Crippen molar-refractivity contribution in [2.24, 2.45) is 0 Å². The van der Waals surface area contributed by atoms with Gasteiger partial charge < -0.3 is 35.7 Å². The summed E-state index contributed by atoms with van der Waals surface area (Å²) in [5.41, 5.74) is 6.38. The summed E-state index contributed by atoms with van der Waals surface area (Å²) in [6, 6.07) is 0.649. The number of nitrogens with two attached hydrogens (primary N) is 1. The Kier molecular flexibility index (Phi) is 10.7. The second kappa shape index (κ2) is 14.2. The van der Waals surface area contributed by atoms with Gasteiger partial charge >= 0.3 is 6.36 Å². The number of piperazine rings is 1. The number of allylic oxidation sites excluding steroid dienone is 4. The lowest BCUT2D eigenvalue weighted by Crippen LogP contribution is -2.59. The molecule has 1 aliphatic carbocycles. The predicted molar refractivity (Wildman–Crippen MR) is 153 cm³/mol. The molecule has 2 fully saturated rings. The number of anilines is 2. The van der Waals surface area contributed by atoms with E-state index in [1.807, 2.05) is 11.0 Å². The fraction of sp³-hybridized carbons (Fsp3) is 0.607. The van der Waals surface area contributed by atoms with E-state index in [2.05, 4.69) is 36.7 Å². The summed E-state index contributed by atoms with van der Waals surface area (Å²) in [6.45, 7) is 6.65. The predicted octanol–water partition coefficient (Wildman–Crippen LogP) is 2.14. The van der Waals surface area contributed by atoms with Crippen LogP contribution in [0.3, 0.4) is 0 Å². The van der Waals surface area contributed by atoms with Crippen LogP contribution in [-0.4, -0.2) is 102 Å². The van der Waals surface area contributed by atoms with Crippen molar-refractivity contribution in [3.05, 3.63) is 51.7 Å². The maximum Gasteiger partial charge on any atom is 0.572 e. The van der Waals surface area contributed by atoms with E-state index in [0.717, 1.165) is 57.4 Å². The lowest BCUT2D eigenvalue weighted by molar-refractivity contribution is -0.305. The fourth-order valence-electron chi connectivity index (χ4n) is 5.81. The van der Waals surface area contributed by atoms with Gasteiger partial charge in [0.05, 0.1) is 6.61 Å². The number of carbonyl (C=O) groups is 1. The summed E-state index contributed by atoms with van der Waals surface area (Å²) in [5, 5.41) is 11.4. The van der Waals surface area contributed by atoms with Crippen LogP contribution in [0.2, 0.25) is 0 Å². The number of hydrogen-bond donors (Lipinski definition) is 4. The molecule has 14 heteroatoms. The minimum Gasteiger partial charge on any atom is -0.410 e. The zero-order valence-electron chi connectivity index (χ0n) is 23.8. The molecular weight excluding hydrogens is 555 g/mol. The van der Waals surface area contributed by atoms with E-state index >= 15 is 0 Å². The van der Waals surface area contributed by atoms with Gasteiger partial charge in [-0.15, -0.1) is 13.2 Å². The Hall–Kier alpha value is -3.36. The summed E-state index contributed by atoms with van der Waals surface area (Å²) >= 11 is 0. The minimum absolute atomic E-state index is 0.0408. The van der Waals surface area contributed by atoms with E-state index in [-0.39, 0.29) is 48.7 Å². The van der Waals surface area contributed by atoms with Crippen LogP contribution in [0.25, 0.3) is 0 Å². The van der Waals surface area contributed by atoms with E-state index in [9.17, 15) is 22.8 Å². The van der Waals surface area contributed by atoms with E-state index in [4.69, 9.17) is 10.8 Å². The number of carbonyl (C=O) groups excluding carboxylic acids is 1. The number of aromatic amines is 1. The molecule has 2 saturated heterocycles. The third-order valence-electron chi connectivity index (χ3n) is 7.97. The standard InChI is InChI=1S/C28H40F3N7O4/c1-2-20-18-37(25-27(41)34-23(24(32)35-25)26(40)33-11-17-39)15-16-38(20)21-9-13-36(14-10-21)12-8-19-4-3-5-22(7-6-19)42-28(29,30)31/h3-4,6-7,20-21,39H,2,5,8-18H2,1H3,(H2,32,35)(H,33,40)(H,34,41). The smallest absolute Gasteiger partial charge is 0.410 e. The highest BCUT2D eigenvalue weighted by molar-refractivity contribution is 5.96. The van der Waals surface area contributed by atoms with Gasteiger partial charge in [0.25, 0.3) is 11.5 Å². The number of aliphatic hydroxyl groups is 1. The molecule has 0 aromatic carbocycles. The molecule has 0 spiro atoms. The number of ether oxygens (including phenoxy) is 1. The molecule has 42 heavy (non-hydrogen) atoms. The van der Waals surface area contributed by atoms with Crippen molar-refractivity contribution in [1.82, 2.24) is 25.1 Å². The maximum atomic E-state index is 12.8. The van der Waals surface area contributed by atoms with Gasteiger partial charge in [-0.3, -0.25) is 14.5 Å². The molecule has 5 N–H and O–H groups in total. The molecule has 1 atom stereocenters. The molecule has 1 unspecified atom stereocenters. The third-order valence-corrected chi connectivity index (χ3v) is 7.97. The zero-order chi connectivity index (χ0) is 30.3. The van der Waals surface area contributed by atoms with Crippen LogP contribution in [0.15, 0.2) is 40.4 Å². The highest BCUT2D eigenvalue weighted by Gasteiger charge is 2.35. The monoisotopic (exact) mass is 595 g/mol. The van der Waals surface area contributed by atoms with Crippen LogP contribution in [0, 0.1) is 0 Å². The van der Waals surface area contributed by atoms with Gasteiger partial charge in [0.2, 0.25) is 0 Å². The molecule has 1 amide bonds. The Balaban J connectivity index is 1.28. The molecule has 0 radical (unpaired) electrons. The van der Waals surface area contributed by atoms with Crippen molar-refractivity contribution in [3.8, 4) is 0 Å². The minimum atomic E-state index is -4.68. The fourth-order valence-corrected chi connectivity index (χ4v) is 5.81. The average Bonchev–Trinajstić information content (AvgIpc) is 3.19. The molecule has 2 aliphatic heterocycles. The van der Waals surface area contributed by atoms with Crippen LogP contribution in [-0.2, 0) is 4.74 Å². The van der Waals surface area contributed by atoms with Gasteiger partial charge in [0.15, 0.2) is 11.6 Å². The Morgan fingerprint density at radius 2 is 2.00 bits per heavy atom. The maximum absolute atomic E-state index is 12.8. The van der Waals surface area contributed by atoms with Crippen LogP contribution in [0.4, 0.5) is 24.8 Å². The quantitative estimate of drug-likeness (QED) is 0.320. The molecule has 3 aliphatic rings. The number of halogens is 3. The van der Waals surface area contributed by atoms with Crippen LogP contribution in [0.1, 0.15) is 49.5 Å². The van der Waals surface area contributed by atoms with Gasteiger partial charge in [0, 0.05) is 51.2 Å². The Labute approximate surface area is 242 Å². The lowest BCUT2D eigenvalue weighted by Gasteiger charge is -2.47. The van der Waals surface area contributed by atoms with Crippen molar-refractivity contribution < 1.29 is 27.8 Å². The number of aromatic nitrogens is 2.